The van der Waals surface area contributed by atoms with E-state index in [2.05, 4.69) is 15.4 Å². The van der Waals surface area contributed by atoms with Crippen molar-refractivity contribution in [3.63, 3.8) is 0 Å². The lowest BCUT2D eigenvalue weighted by Gasteiger charge is -1.80. The van der Waals surface area contributed by atoms with Crippen molar-refractivity contribution in [2.45, 2.75) is 0 Å². The van der Waals surface area contributed by atoms with Gasteiger partial charge in [0.2, 0.25) is 0 Å². The van der Waals surface area contributed by atoms with E-state index < -0.39 is 0 Å². The minimum absolute atomic E-state index is 0. The molecule has 50 valence electrons. The number of hydrogen-bond donors (Lipinski definition) is 2. The quantitative estimate of drug-likeness (QED) is 0.598. The van der Waals surface area contributed by atoms with Crippen LogP contribution in [0.25, 0.3) is 0 Å². The summed E-state index contributed by atoms with van der Waals surface area (Å²) in [5, 5.41) is 8.62. The van der Waals surface area contributed by atoms with Crippen LogP contribution in [0.3, 0.4) is 0 Å². The fourth-order valence-electron chi connectivity index (χ4n) is 0.294. The number of nitrogens with zero attached hydrogens (tertiary/aromatic N) is 1. The highest BCUT2D eigenvalue weighted by Gasteiger charge is 1.75. The van der Waals surface area contributed by atoms with Crippen molar-refractivity contribution < 1.29 is 0 Å². The summed E-state index contributed by atoms with van der Waals surface area (Å²) >= 11 is 9.46. The van der Waals surface area contributed by atoms with Crippen LogP contribution >= 0.6 is 36.8 Å². The molecule has 0 aliphatic rings. The molecule has 1 aromatic heterocycles. The smallest absolute Gasteiger partial charge is 0.138 e. The molecule has 1 heterocycles. The summed E-state index contributed by atoms with van der Waals surface area (Å²) in [5.41, 5.74) is 0. The summed E-state index contributed by atoms with van der Waals surface area (Å²) in [6.45, 7) is 0. The first-order chi connectivity index (χ1) is 3.80. The van der Waals surface area contributed by atoms with Crippen LogP contribution in [0.15, 0.2) is 6.20 Å². The highest BCUT2D eigenvalue weighted by Crippen LogP contribution is 1.82. The van der Waals surface area contributed by atoms with Crippen molar-refractivity contribution in [3.8, 4) is 0 Å². The average molecular weight is 182 g/mol. The van der Waals surface area contributed by atoms with E-state index in [1.54, 1.807) is 0 Å². The molecular weight excluding hydrogens is 178 g/mol. The van der Waals surface area contributed by atoms with E-state index in [0.29, 0.717) is 9.15 Å². The molecule has 0 unspecified atom stereocenters. The lowest BCUT2D eigenvalue weighted by molar-refractivity contribution is 0.852. The number of hydrogen-bond acceptors (Lipinski definition) is 3. The van der Waals surface area contributed by atoms with Crippen LogP contribution in [-0.4, -0.2) is 15.4 Å². The summed E-state index contributed by atoms with van der Waals surface area (Å²) in [5.74, 6) is 0. The fourth-order valence-corrected chi connectivity index (χ4v) is 0.496. The van der Waals surface area contributed by atoms with Gasteiger partial charge in [-0.15, -0.1) is 12.4 Å². The molecule has 0 amide bonds. The molecule has 0 aliphatic carbocycles. The van der Waals surface area contributed by atoms with E-state index in [1.807, 2.05) is 0 Å². The van der Waals surface area contributed by atoms with Crippen molar-refractivity contribution in [1.29, 1.82) is 0 Å². The van der Waals surface area contributed by atoms with Gasteiger partial charge in [-0.2, -0.15) is 5.10 Å². The lowest BCUT2D eigenvalue weighted by atomic mass is 10.7. The Morgan fingerprint density at radius 2 is 2.11 bits per heavy atom. The number of aromatic nitrogens is 3. The highest BCUT2D eigenvalue weighted by molar-refractivity contribution is 7.73. The Labute approximate surface area is 67.9 Å². The van der Waals surface area contributed by atoms with Crippen LogP contribution in [0.4, 0.5) is 0 Å². The Balaban J connectivity index is 0.000000640. The van der Waals surface area contributed by atoms with Gasteiger partial charge in [0, 0.05) is 0 Å². The first-order valence-electron chi connectivity index (χ1n) is 1.93. The van der Waals surface area contributed by atoms with Crippen LogP contribution in [0.5, 0.6) is 0 Å². The van der Waals surface area contributed by atoms with E-state index >= 15 is 0 Å². The van der Waals surface area contributed by atoms with E-state index in [0.717, 1.165) is 0 Å². The minimum atomic E-state index is 0. The molecule has 2 N–H and O–H groups in total. The Hall–Kier alpha value is -0.260. The van der Waals surface area contributed by atoms with Gasteiger partial charge >= 0.3 is 0 Å². The maximum Gasteiger partial charge on any atom is 0.138 e. The summed E-state index contributed by atoms with van der Waals surface area (Å²) in [6.07, 6.45) is 1.49. The molecular formula is C3H4ClN3S2. The van der Waals surface area contributed by atoms with Gasteiger partial charge in [0.05, 0.1) is 10.7 Å². The summed E-state index contributed by atoms with van der Waals surface area (Å²) in [7, 11) is 0. The third-order valence-corrected chi connectivity index (χ3v) is 1.40. The lowest BCUT2D eigenvalue weighted by Crippen LogP contribution is -1.83. The zero-order valence-electron chi connectivity index (χ0n) is 4.25. The third kappa shape index (κ3) is 2.21. The Bertz CT molecular complexity index is 248. The molecule has 0 atom stereocenters. The number of rotatable bonds is 0. The van der Waals surface area contributed by atoms with Gasteiger partial charge in [0.1, 0.15) is 4.64 Å². The third-order valence-electron chi connectivity index (χ3n) is 0.640. The fraction of sp³-hybridized carbons (Fsp3) is 0. The van der Waals surface area contributed by atoms with Gasteiger partial charge in [-0.1, -0.05) is 24.4 Å². The van der Waals surface area contributed by atoms with Crippen LogP contribution in [0.1, 0.15) is 0 Å². The molecule has 0 radical (unpaired) electrons. The number of aromatic amines is 2. The van der Waals surface area contributed by atoms with Crippen LogP contribution < -0.4 is 0 Å². The van der Waals surface area contributed by atoms with Crippen LogP contribution in [0, 0.1) is 9.15 Å². The first kappa shape index (κ1) is 8.74. The second kappa shape index (κ2) is 3.71. The van der Waals surface area contributed by atoms with Gasteiger partial charge < -0.3 is 0 Å². The summed E-state index contributed by atoms with van der Waals surface area (Å²) in [4.78, 5) is 0. The molecule has 6 heteroatoms. The van der Waals surface area contributed by atoms with E-state index in [-0.39, 0.29) is 12.4 Å². The zero-order chi connectivity index (χ0) is 5.98. The number of nitrogens with one attached hydrogen (secondary N) is 2. The average Bonchev–Trinajstić information content (AvgIpc) is 1.77. The maximum absolute atomic E-state index is 4.74. The predicted octanol–water partition coefficient (Wildman–Crippen LogP) is 1.62. The predicted molar refractivity (Wildman–Crippen MR) is 41.9 cm³/mol. The Morgan fingerprint density at radius 1 is 1.44 bits per heavy atom. The minimum Gasteiger partial charge on any atom is -0.273 e. The standard InChI is InChI=1S/C3H3N3S2.ClH/c7-2-1-4-6-5-3(2)8;/h1H,(H,6,7)(H,4,5,8);1H. The Morgan fingerprint density at radius 3 is 2.44 bits per heavy atom. The first-order valence-corrected chi connectivity index (χ1v) is 2.75. The van der Waals surface area contributed by atoms with E-state index in [9.17, 15) is 0 Å². The van der Waals surface area contributed by atoms with E-state index in [1.165, 1.54) is 6.20 Å². The molecule has 0 bridgehead atoms. The van der Waals surface area contributed by atoms with E-state index in [4.69, 9.17) is 24.4 Å². The molecule has 1 aromatic rings. The summed E-state index contributed by atoms with van der Waals surface area (Å²) in [6, 6.07) is 0. The topological polar surface area (TPSA) is 44.5 Å². The Kier molecular flexibility index (Phi) is 3.60. The molecule has 0 saturated carbocycles. The van der Waals surface area contributed by atoms with Crippen molar-refractivity contribution >= 4 is 36.8 Å². The largest absolute Gasteiger partial charge is 0.273 e. The molecule has 9 heavy (non-hydrogen) atoms. The van der Waals surface area contributed by atoms with Crippen molar-refractivity contribution in [2.75, 3.05) is 0 Å². The second-order valence-corrected chi connectivity index (χ2v) is 2.04. The number of halogens is 1. The van der Waals surface area contributed by atoms with Gasteiger partial charge in [0.25, 0.3) is 0 Å². The SMILES string of the molecule is Cl.S=c1cn[nH][nH]c1=S. The summed E-state index contributed by atoms with van der Waals surface area (Å²) < 4.78 is 1.09. The molecule has 0 aliphatic heterocycles. The van der Waals surface area contributed by atoms with Gasteiger partial charge in [-0.25, -0.2) is 5.21 Å². The normalized spacial score (nSPS) is 8.00. The van der Waals surface area contributed by atoms with Crippen molar-refractivity contribution in [2.24, 2.45) is 0 Å². The molecule has 0 fully saturated rings. The van der Waals surface area contributed by atoms with Crippen molar-refractivity contribution in [1.82, 2.24) is 15.4 Å². The maximum atomic E-state index is 4.74. The van der Waals surface area contributed by atoms with Crippen LogP contribution in [0.2, 0.25) is 0 Å². The second-order valence-electron chi connectivity index (χ2n) is 1.19. The monoisotopic (exact) mass is 181 g/mol. The molecule has 0 saturated heterocycles. The molecule has 3 nitrogen and oxygen atoms in total. The molecule has 0 spiro atoms. The van der Waals surface area contributed by atoms with Crippen LogP contribution in [-0.2, 0) is 0 Å². The van der Waals surface area contributed by atoms with Gasteiger partial charge in [-0.3, -0.25) is 5.10 Å². The molecule has 1 rings (SSSR count). The van der Waals surface area contributed by atoms with Crippen molar-refractivity contribution in [3.05, 3.63) is 15.3 Å². The highest BCUT2D eigenvalue weighted by atomic mass is 35.5. The number of H-pyrrole nitrogens is 2. The van der Waals surface area contributed by atoms with Gasteiger partial charge in [0.15, 0.2) is 0 Å². The zero-order valence-corrected chi connectivity index (χ0v) is 6.70. The van der Waals surface area contributed by atoms with Gasteiger partial charge in [-0.05, 0) is 0 Å². The molecule has 0 aromatic carbocycles.